The lowest BCUT2D eigenvalue weighted by Crippen LogP contribution is -2.49. The van der Waals surface area contributed by atoms with Crippen LogP contribution in [-0.4, -0.2) is 49.9 Å². The maximum atomic E-state index is 11.2. The zero-order valence-electron chi connectivity index (χ0n) is 7.47. The van der Waals surface area contributed by atoms with Gasteiger partial charge < -0.3 is 4.74 Å². The Morgan fingerprint density at radius 2 is 2.29 bits per heavy atom. The fraction of sp³-hybridized carbons (Fsp3) is 0.833. The number of thioether (sulfide) groups is 1. The molecule has 1 aliphatic heterocycles. The van der Waals surface area contributed by atoms with Crippen molar-refractivity contribution in [2.24, 2.45) is 0 Å². The first-order valence-corrected chi connectivity index (χ1v) is 7.26. The van der Waals surface area contributed by atoms with Gasteiger partial charge in [0.25, 0.3) is 0 Å². The lowest BCUT2D eigenvalue weighted by molar-refractivity contribution is -0.144. The Kier molecular flexibility index (Phi) is 4.05. The molecule has 0 aromatic carbocycles. The summed E-state index contributed by atoms with van der Waals surface area (Å²) in [5.74, 6) is 0.458. The molecule has 1 heterocycles. The first-order valence-electron chi connectivity index (χ1n) is 3.84. The molecule has 0 bridgehead atoms. The second-order valence-electron chi connectivity index (χ2n) is 2.67. The largest absolute Gasteiger partial charge is 0.468 e. The van der Waals surface area contributed by atoms with Gasteiger partial charge in [-0.1, -0.05) is 0 Å². The van der Waals surface area contributed by atoms with E-state index in [1.807, 2.05) is 0 Å². The monoisotopic (exact) mass is 259 g/mol. The van der Waals surface area contributed by atoms with Crippen LogP contribution < -0.4 is 0 Å². The van der Waals surface area contributed by atoms with Gasteiger partial charge in [-0.15, -0.1) is 0 Å². The Morgan fingerprint density at radius 3 is 2.79 bits per heavy atom. The highest BCUT2D eigenvalue weighted by Crippen LogP contribution is 2.22. The summed E-state index contributed by atoms with van der Waals surface area (Å²) in [5, 5.41) is 0. The fourth-order valence-corrected chi connectivity index (χ4v) is 3.68. The average Bonchev–Trinajstić information content (AvgIpc) is 2.15. The topological polar surface area (TPSA) is 63.7 Å². The number of esters is 1. The van der Waals surface area contributed by atoms with Gasteiger partial charge in [0.15, 0.2) is 0 Å². The summed E-state index contributed by atoms with van der Waals surface area (Å²) in [6, 6.07) is -0.791. The van der Waals surface area contributed by atoms with Crippen LogP contribution in [0, 0.1) is 0 Å². The number of ether oxygens (including phenoxy) is 1. The molecule has 0 radical (unpaired) electrons. The number of methoxy groups -OCH3 is 1. The maximum Gasteiger partial charge on any atom is 0.325 e. The molecule has 0 aromatic heterocycles. The Balaban J connectivity index is 2.85. The lowest BCUT2D eigenvalue weighted by atomic mass is 10.3. The van der Waals surface area contributed by atoms with Gasteiger partial charge in [-0.2, -0.15) is 24.5 Å². The molecule has 8 heteroatoms. The van der Waals surface area contributed by atoms with Crippen molar-refractivity contribution in [1.82, 2.24) is 4.31 Å². The molecule has 1 fully saturated rings. The molecule has 82 valence electrons. The zero-order chi connectivity index (χ0) is 10.8. The van der Waals surface area contributed by atoms with Crippen LogP contribution in [0.3, 0.4) is 0 Å². The molecule has 1 rings (SSSR count). The SMILES string of the molecule is COC(=O)C1CSCCN1S(=O)(=O)Cl. The number of hydrogen-bond donors (Lipinski definition) is 0. The molecular weight excluding hydrogens is 250 g/mol. The van der Waals surface area contributed by atoms with E-state index < -0.39 is 21.2 Å². The zero-order valence-corrected chi connectivity index (χ0v) is 9.86. The Labute approximate surface area is 91.3 Å². The third kappa shape index (κ3) is 2.75. The fourth-order valence-electron chi connectivity index (χ4n) is 1.17. The van der Waals surface area contributed by atoms with Crippen LogP contribution in [0.2, 0.25) is 0 Å². The van der Waals surface area contributed by atoms with Crippen molar-refractivity contribution >= 4 is 37.7 Å². The minimum Gasteiger partial charge on any atom is -0.468 e. The van der Waals surface area contributed by atoms with Gasteiger partial charge in [-0.3, -0.25) is 4.79 Å². The molecule has 0 saturated carbocycles. The maximum absolute atomic E-state index is 11.2. The Morgan fingerprint density at radius 1 is 1.64 bits per heavy atom. The predicted molar refractivity (Wildman–Crippen MR) is 54.6 cm³/mol. The van der Waals surface area contributed by atoms with E-state index in [2.05, 4.69) is 4.74 Å². The smallest absolute Gasteiger partial charge is 0.325 e. The Hall–Kier alpha value is 0.0200. The molecule has 0 spiro atoms. The summed E-state index contributed by atoms with van der Waals surface area (Å²) >= 11 is 1.50. The van der Waals surface area contributed by atoms with E-state index in [0.717, 1.165) is 4.31 Å². The van der Waals surface area contributed by atoms with E-state index in [1.165, 1.54) is 18.9 Å². The van der Waals surface area contributed by atoms with Gasteiger partial charge in [-0.25, -0.2) is 0 Å². The van der Waals surface area contributed by atoms with Crippen molar-refractivity contribution in [1.29, 1.82) is 0 Å². The van der Waals surface area contributed by atoms with Crippen LogP contribution in [0.15, 0.2) is 0 Å². The van der Waals surface area contributed by atoms with Crippen molar-refractivity contribution in [3.63, 3.8) is 0 Å². The van der Waals surface area contributed by atoms with Crippen LogP contribution in [0.25, 0.3) is 0 Å². The minimum atomic E-state index is -3.84. The molecule has 0 N–H and O–H groups in total. The average molecular weight is 260 g/mol. The summed E-state index contributed by atoms with van der Waals surface area (Å²) in [4.78, 5) is 11.2. The molecule has 0 aliphatic carbocycles. The molecule has 1 unspecified atom stereocenters. The number of nitrogens with zero attached hydrogens (tertiary/aromatic N) is 1. The molecule has 5 nitrogen and oxygen atoms in total. The van der Waals surface area contributed by atoms with E-state index in [1.54, 1.807) is 0 Å². The highest BCUT2D eigenvalue weighted by atomic mass is 35.7. The van der Waals surface area contributed by atoms with E-state index >= 15 is 0 Å². The quantitative estimate of drug-likeness (QED) is 0.518. The summed E-state index contributed by atoms with van der Waals surface area (Å²) in [5.41, 5.74) is 0. The lowest BCUT2D eigenvalue weighted by Gasteiger charge is -2.29. The van der Waals surface area contributed by atoms with Crippen LogP contribution in [0.5, 0.6) is 0 Å². The second-order valence-corrected chi connectivity index (χ2v) is 6.28. The second kappa shape index (κ2) is 4.69. The number of carbonyl (C=O) groups is 1. The number of halogens is 1. The van der Waals surface area contributed by atoms with Crippen LogP contribution in [-0.2, 0) is 18.8 Å². The summed E-state index contributed by atoms with van der Waals surface area (Å²) < 4.78 is 27.7. The highest BCUT2D eigenvalue weighted by molar-refractivity contribution is 8.12. The standard InChI is InChI=1S/C6H10ClNO4S2/c1-12-6(9)5-4-13-3-2-8(5)14(7,10)11/h5H,2-4H2,1H3. The first-order chi connectivity index (χ1) is 6.46. The van der Waals surface area contributed by atoms with Crippen LogP contribution >= 0.6 is 22.4 Å². The van der Waals surface area contributed by atoms with Crippen LogP contribution in [0.4, 0.5) is 0 Å². The molecule has 1 aliphatic rings. The van der Waals surface area contributed by atoms with Crippen molar-refractivity contribution in [3.8, 4) is 0 Å². The number of carbonyl (C=O) groups excluding carboxylic acids is 1. The Bertz CT molecular complexity index is 318. The highest BCUT2D eigenvalue weighted by Gasteiger charge is 2.36. The van der Waals surface area contributed by atoms with Gasteiger partial charge in [0.1, 0.15) is 6.04 Å². The van der Waals surface area contributed by atoms with Crippen molar-refractivity contribution < 1.29 is 17.9 Å². The third-order valence-electron chi connectivity index (χ3n) is 1.83. The summed E-state index contributed by atoms with van der Waals surface area (Å²) in [6.45, 7) is 0.246. The molecule has 1 atom stereocenters. The van der Waals surface area contributed by atoms with Crippen molar-refractivity contribution in [2.75, 3.05) is 25.2 Å². The molecule has 14 heavy (non-hydrogen) atoms. The molecule has 0 aromatic rings. The van der Waals surface area contributed by atoms with Gasteiger partial charge >= 0.3 is 15.2 Å². The van der Waals surface area contributed by atoms with E-state index in [-0.39, 0.29) is 6.54 Å². The van der Waals surface area contributed by atoms with Crippen LogP contribution in [0.1, 0.15) is 0 Å². The molecule has 0 amide bonds. The van der Waals surface area contributed by atoms with E-state index in [0.29, 0.717) is 11.5 Å². The minimum absolute atomic E-state index is 0.246. The van der Waals surface area contributed by atoms with Gasteiger partial charge in [0, 0.05) is 28.7 Å². The van der Waals surface area contributed by atoms with E-state index in [4.69, 9.17) is 10.7 Å². The van der Waals surface area contributed by atoms with Gasteiger partial charge in [-0.05, 0) is 0 Å². The summed E-state index contributed by atoms with van der Waals surface area (Å²) in [6.07, 6.45) is 0. The first kappa shape index (κ1) is 12.1. The van der Waals surface area contributed by atoms with Crippen molar-refractivity contribution in [3.05, 3.63) is 0 Å². The van der Waals surface area contributed by atoms with E-state index in [9.17, 15) is 13.2 Å². The molecular formula is C6H10ClNO4S2. The normalized spacial score (nSPS) is 24.6. The van der Waals surface area contributed by atoms with Crippen molar-refractivity contribution in [2.45, 2.75) is 6.04 Å². The third-order valence-corrected chi connectivity index (χ3v) is 4.38. The summed E-state index contributed by atoms with van der Waals surface area (Å²) in [7, 11) is 2.57. The van der Waals surface area contributed by atoms with Gasteiger partial charge in [0.05, 0.1) is 7.11 Å². The molecule has 1 saturated heterocycles. The predicted octanol–water partition coefficient (Wildman–Crippen LogP) is 0.0604. The number of rotatable bonds is 2. The number of hydrogen-bond acceptors (Lipinski definition) is 5. The van der Waals surface area contributed by atoms with Gasteiger partial charge in [0.2, 0.25) is 0 Å².